The Balaban J connectivity index is 1.68. The largest absolute Gasteiger partial charge is 0.461 e. The van der Waals surface area contributed by atoms with Gasteiger partial charge in [-0.15, -0.1) is 0 Å². The van der Waals surface area contributed by atoms with Crippen LogP contribution in [0.4, 0.5) is 4.39 Å². The topological polar surface area (TPSA) is 82.1 Å². The monoisotopic (exact) mass is 580 g/mol. The minimum Gasteiger partial charge on any atom is -0.461 e. The van der Waals surface area contributed by atoms with Crippen LogP contribution in [0.5, 0.6) is 0 Å². The van der Waals surface area contributed by atoms with E-state index in [9.17, 15) is 9.59 Å². The first-order chi connectivity index (χ1) is 20.3. The molecule has 2 aromatic carbocycles. The van der Waals surface area contributed by atoms with Gasteiger partial charge in [-0.05, 0) is 60.3 Å². The molecule has 0 heterocycles. The van der Waals surface area contributed by atoms with Crippen LogP contribution in [-0.2, 0) is 23.8 Å². The van der Waals surface area contributed by atoms with Crippen LogP contribution in [0.2, 0.25) is 0 Å². The number of benzene rings is 2. The number of ether oxygens (including phenoxy) is 3. The molecule has 0 amide bonds. The van der Waals surface area contributed by atoms with Crippen molar-refractivity contribution in [2.24, 2.45) is 5.92 Å². The van der Waals surface area contributed by atoms with E-state index in [2.05, 4.69) is 26.1 Å². The molecule has 6 nitrogen and oxygen atoms in total. The molecule has 0 spiro atoms. The highest BCUT2D eigenvalue weighted by atomic mass is 19.1. The lowest BCUT2D eigenvalue weighted by Gasteiger charge is -2.29. The third-order valence-electron chi connectivity index (χ3n) is 8.14. The Hall–Kier alpha value is -3.29. The van der Waals surface area contributed by atoms with Gasteiger partial charge in [0, 0.05) is 12.7 Å². The second-order valence-corrected chi connectivity index (χ2v) is 11.3. The Morgan fingerprint density at radius 3 is 2.17 bits per heavy atom. The van der Waals surface area contributed by atoms with Crippen LogP contribution in [0.25, 0.3) is 11.1 Å². The van der Waals surface area contributed by atoms with E-state index in [-0.39, 0.29) is 36.8 Å². The number of aliphatic hydroxyl groups excluding tert-OH is 1. The fourth-order valence-corrected chi connectivity index (χ4v) is 5.52. The Labute approximate surface area is 249 Å². The van der Waals surface area contributed by atoms with E-state index in [0.717, 1.165) is 35.4 Å². The minimum absolute atomic E-state index is 0.0359. The number of esters is 2. The summed E-state index contributed by atoms with van der Waals surface area (Å²) in [5.74, 6) is -0.879. The zero-order valence-electron chi connectivity index (χ0n) is 25.0. The lowest BCUT2D eigenvalue weighted by Crippen LogP contribution is -2.21. The van der Waals surface area contributed by atoms with E-state index in [4.69, 9.17) is 19.3 Å². The van der Waals surface area contributed by atoms with Gasteiger partial charge in [-0.25, -0.2) is 14.0 Å². The maximum Gasteiger partial charge on any atom is 0.335 e. The molecule has 1 saturated carbocycles. The van der Waals surface area contributed by atoms with E-state index in [0.29, 0.717) is 11.5 Å². The molecule has 7 heteroatoms. The van der Waals surface area contributed by atoms with Gasteiger partial charge in [0.2, 0.25) is 0 Å². The Morgan fingerprint density at radius 2 is 1.60 bits per heavy atom. The number of hydrogen-bond acceptors (Lipinski definition) is 6. The smallest absolute Gasteiger partial charge is 0.335 e. The second kappa shape index (κ2) is 17.0. The van der Waals surface area contributed by atoms with Crippen molar-refractivity contribution >= 4 is 11.9 Å². The zero-order chi connectivity index (χ0) is 30.5. The number of carbonyl (C=O) groups is 2. The average Bonchev–Trinajstić information content (AvgIpc) is 3.01. The van der Waals surface area contributed by atoms with E-state index in [1.807, 2.05) is 18.2 Å². The Morgan fingerprint density at radius 1 is 0.952 bits per heavy atom. The predicted octanol–water partition coefficient (Wildman–Crippen LogP) is 7.27. The van der Waals surface area contributed by atoms with Gasteiger partial charge >= 0.3 is 11.9 Å². The first-order valence-electron chi connectivity index (χ1n) is 15.0. The van der Waals surface area contributed by atoms with Gasteiger partial charge in [0.05, 0.1) is 30.3 Å². The molecule has 1 unspecified atom stereocenters. The van der Waals surface area contributed by atoms with Crippen LogP contribution in [0.1, 0.15) is 81.3 Å². The lowest BCUT2D eigenvalue weighted by molar-refractivity contribution is -0.143. The molecule has 3 rings (SSSR count). The summed E-state index contributed by atoms with van der Waals surface area (Å²) in [6.07, 6.45) is 9.87. The number of halogens is 1. The molecule has 42 heavy (non-hydrogen) atoms. The van der Waals surface area contributed by atoms with Crippen molar-refractivity contribution in [3.05, 3.63) is 83.7 Å². The summed E-state index contributed by atoms with van der Waals surface area (Å²) in [7, 11) is 1.45. The maximum absolute atomic E-state index is 15.3. The van der Waals surface area contributed by atoms with Crippen molar-refractivity contribution in [3.63, 3.8) is 0 Å². The van der Waals surface area contributed by atoms with Gasteiger partial charge < -0.3 is 19.3 Å². The van der Waals surface area contributed by atoms with Gasteiger partial charge in [0.1, 0.15) is 19.0 Å². The standard InChI is InChI=1S/C35H45FO6/c1-5-6-7-8-26-9-11-27(12-10-26)30-17-18-32(33(36)19-30)29-15-13-28(14-16-29)31(22-41-34(38)24(2)20-37)23-42-35(39)25(3)21-40-4/h13-19,26-27,31,37H,2-3,5-12,20-23H2,1,4H3. The second-order valence-electron chi connectivity index (χ2n) is 11.3. The van der Waals surface area contributed by atoms with Crippen LogP contribution in [0, 0.1) is 11.7 Å². The number of unbranched alkanes of at least 4 members (excludes halogenated alkanes) is 2. The summed E-state index contributed by atoms with van der Waals surface area (Å²) in [6, 6.07) is 12.8. The summed E-state index contributed by atoms with van der Waals surface area (Å²) < 4.78 is 30.9. The summed E-state index contributed by atoms with van der Waals surface area (Å²) in [6.45, 7) is 8.70. The summed E-state index contributed by atoms with van der Waals surface area (Å²) >= 11 is 0. The van der Waals surface area contributed by atoms with Gasteiger partial charge in [0.15, 0.2) is 0 Å². The maximum atomic E-state index is 15.3. The molecule has 1 fully saturated rings. The Bertz CT molecular complexity index is 1200. The van der Waals surface area contributed by atoms with Crippen molar-refractivity contribution in [2.45, 2.75) is 70.1 Å². The van der Waals surface area contributed by atoms with Gasteiger partial charge in [-0.1, -0.05) is 82.2 Å². The molecule has 1 aliphatic rings. The first-order valence-corrected chi connectivity index (χ1v) is 15.0. The molecular weight excluding hydrogens is 535 g/mol. The minimum atomic E-state index is -0.735. The zero-order valence-corrected chi connectivity index (χ0v) is 25.0. The first kappa shape index (κ1) is 33.2. The van der Waals surface area contributed by atoms with Crippen molar-refractivity contribution in [3.8, 4) is 11.1 Å². The van der Waals surface area contributed by atoms with Gasteiger partial charge in [0.25, 0.3) is 0 Å². The molecule has 0 aromatic heterocycles. The molecule has 0 radical (unpaired) electrons. The van der Waals surface area contributed by atoms with E-state index in [1.54, 1.807) is 18.2 Å². The average molecular weight is 581 g/mol. The highest BCUT2D eigenvalue weighted by Gasteiger charge is 2.23. The van der Waals surface area contributed by atoms with Crippen LogP contribution in [0.3, 0.4) is 0 Å². The molecule has 0 aliphatic heterocycles. The van der Waals surface area contributed by atoms with Crippen molar-refractivity contribution < 1.29 is 33.3 Å². The van der Waals surface area contributed by atoms with Crippen molar-refractivity contribution in [1.82, 2.24) is 0 Å². The molecule has 1 N–H and O–H groups in total. The number of methoxy groups -OCH3 is 1. The van der Waals surface area contributed by atoms with Crippen molar-refractivity contribution in [1.29, 1.82) is 0 Å². The highest BCUT2D eigenvalue weighted by Crippen LogP contribution is 2.39. The quantitative estimate of drug-likeness (QED) is 0.128. The molecule has 228 valence electrons. The normalized spacial score (nSPS) is 17.3. The molecule has 1 aliphatic carbocycles. The van der Waals surface area contributed by atoms with Crippen molar-refractivity contribution in [2.75, 3.05) is 33.5 Å². The fourth-order valence-electron chi connectivity index (χ4n) is 5.52. The number of rotatable bonds is 16. The number of hydrogen-bond donors (Lipinski definition) is 1. The van der Waals surface area contributed by atoms with Crippen LogP contribution >= 0.6 is 0 Å². The third-order valence-corrected chi connectivity index (χ3v) is 8.14. The van der Waals surface area contributed by atoms with Gasteiger partial charge in [-0.2, -0.15) is 0 Å². The summed E-state index contributed by atoms with van der Waals surface area (Å²) in [4.78, 5) is 24.3. The van der Waals surface area contributed by atoms with Crippen LogP contribution in [-0.4, -0.2) is 50.6 Å². The van der Waals surface area contributed by atoms with Crippen LogP contribution in [0.15, 0.2) is 66.8 Å². The third kappa shape index (κ3) is 9.63. The summed E-state index contributed by atoms with van der Waals surface area (Å²) in [5.41, 5.74) is 3.13. The van der Waals surface area contributed by atoms with E-state index < -0.39 is 24.5 Å². The molecule has 1 atom stereocenters. The van der Waals surface area contributed by atoms with E-state index in [1.165, 1.54) is 45.6 Å². The molecule has 2 aromatic rings. The molecule has 0 bridgehead atoms. The number of aliphatic hydroxyl groups is 1. The highest BCUT2D eigenvalue weighted by molar-refractivity contribution is 5.88. The molecular formula is C35H45FO6. The SMILES string of the molecule is C=C(CO)C(=O)OCC(COC(=O)C(=C)COC)c1ccc(-c2ccc(C3CCC(CCCCC)CC3)cc2F)cc1. The van der Waals surface area contributed by atoms with Crippen LogP contribution < -0.4 is 0 Å². The van der Waals surface area contributed by atoms with Gasteiger partial charge in [-0.3, -0.25) is 0 Å². The summed E-state index contributed by atoms with van der Waals surface area (Å²) in [5, 5.41) is 9.15. The molecule has 0 saturated heterocycles. The van der Waals surface area contributed by atoms with E-state index >= 15 is 4.39 Å². The number of carbonyl (C=O) groups excluding carboxylic acids is 2. The predicted molar refractivity (Wildman–Crippen MR) is 163 cm³/mol. The fraction of sp³-hybridized carbons (Fsp3) is 0.486. The lowest BCUT2D eigenvalue weighted by atomic mass is 9.77. The Kier molecular flexibility index (Phi) is 13.4.